The molecule has 3 saturated heterocycles. The number of hydrogen-bond donors (Lipinski definition) is 1. The highest BCUT2D eigenvalue weighted by molar-refractivity contribution is 5.09. The Bertz CT molecular complexity index is 498. The maximum Gasteiger partial charge on any atom is 0.246 e. The van der Waals surface area contributed by atoms with Crippen LogP contribution in [-0.4, -0.2) is 47.4 Å². The first-order valence-corrected chi connectivity index (χ1v) is 8.08. The van der Waals surface area contributed by atoms with Crippen LogP contribution in [0, 0.1) is 0 Å². The Kier molecular flexibility index (Phi) is 3.28. The van der Waals surface area contributed by atoms with Crippen LogP contribution < -0.4 is 5.73 Å². The summed E-state index contributed by atoms with van der Waals surface area (Å²) in [6.45, 7) is 1.35. The van der Waals surface area contributed by atoms with Gasteiger partial charge in [-0.25, -0.2) is 0 Å². The molecule has 0 spiro atoms. The fourth-order valence-corrected chi connectivity index (χ4v) is 4.17. The molecular weight excluding hydrogens is 268 g/mol. The number of piperidine rings is 1. The molecule has 0 radical (unpaired) electrons. The Labute approximate surface area is 125 Å². The predicted octanol–water partition coefficient (Wildman–Crippen LogP) is 1.37. The van der Waals surface area contributed by atoms with Crippen LogP contribution in [0.3, 0.4) is 0 Å². The van der Waals surface area contributed by atoms with Crippen LogP contribution in [0.5, 0.6) is 0 Å². The lowest BCUT2D eigenvalue weighted by Gasteiger charge is -2.35. The summed E-state index contributed by atoms with van der Waals surface area (Å²) in [6.07, 6.45) is 6.42. The van der Waals surface area contributed by atoms with Gasteiger partial charge in [0.25, 0.3) is 0 Å². The van der Waals surface area contributed by atoms with Gasteiger partial charge in [-0.2, -0.15) is 4.98 Å². The van der Waals surface area contributed by atoms with Gasteiger partial charge in [0.1, 0.15) is 5.54 Å². The van der Waals surface area contributed by atoms with Crippen LogP contribution in [0.25, 0.3) is 0 Å². The largest absolute Gasteiger partial charge is 0.381 e. The molecule has 0 aromatic carbocycles. The second-order valence-electron chi connectivity index (χ2n) is 6.95. The molecule has 0 saturated carbocycles. The van der Waals surface area contributed by atoms with Crippen LogP contribution in [0.4, 0.5) is 0 Å². The van der Waals surface area contributed by atoms with Gasteiger partial charge >= 0.3 is 0 Å². The maximum atomic E-state index is 6.43. The third-order valence-electron chi connectivity index (χ3n) is 5.72. The van der Waals surface area contributed by atoms with E-state index in [0.29, 0.717) is 37.1 Å². The van der Waals surface area contributed by atoms with E-state index in [0.717, 1.165) is 31.5 Å². The first-order chi connectivity index (χ1) is 10.2. The zero-order chi connectivity index (χ0) is 14.4. The highest BCUT2D eigenvalue weighted by Gasteiger charge is 2.42. The molecule has 2 bridgehead atoms. The van der Waals surface area contributed by atoms with Crippen molar-refractivity contribution < 1.29 is 9.26 Å². The van der Waals surface area contributed by atoms with Crippen molar-refractivity contribution in [1.29, 1.82) is 0 Å². The Balaban J connectivity index is 1.52. The summed E-state index contributed by atoms with van der Waals surface area (Å²) in [7, 11) is 2.25. The molecule has 3 aliphatic rings. The standard InChI is InChI=1S/C15H24N4O2/c1-19-11-2-3-12(19)9-10(8-11)13-17-14(21-18-13)15(16)4-6-20-7-5-15/h10-12H,2-9,16H2,1H3. The molecule has 6 nitrogen and oxygen atoms in total. The van der Waals surface area contributed by atoms with Gasteiger partial charge in [0.05, 0.1) is 0 Å². The van der Waals surface area contributed by atoms with Crippen LogP contribution in [-0.2, 0) is 10.3 Å². The number of hydrogen-bond acceptors (Lipinski definition) is 6. The Hall–Kier alpha value is -0.980. The number of ether oxygens (including phenoxy) is 1. The van der Waals surface area contributed by atoms with Crippen molar-refractivity contribution in [3.05, 3.63) is 11.7 Å². The number of aromatic nitrogens is 2. The summed E-state index contributed by atoms with van der Waals surface area (Å²) in [5, 5.41) is 4.26. The van der Waals surface area contributed by atoms with E-state index < -0.39 is 5.54 Å². The lowest BCUT2D eigenvalue weighted by Crippen LogP contribution is -2.42. The minimum atomic E-state index is -0.492. The van der Waals surface area contributed by atoms with E-state index in [1.807, 2.05) is 0 Å². The van der Waals surface area contributed by atoms with Gasteiger partial charge in [-0.3, -0.25) is 0 Å². The summed E-state index contributed by atoms with van der Waals surface area (Å²) in [5.74, 6) is 1.90. The predicted molar refractivity (Wildman–Crippen MR) is 76.8 cm³/mol. The number of nitrogens with zero attached hydrogens (tertiary/aromatic N) is 3. The zero-order valence-corrected chi connectivity index (χ0v) is 12.6. The summed E-state index contributed by atoms with van der Waals surface area (Å²) >= 11 is 0. The van der Waals surface area contributed by atoms with Gasteiger partial charge in [-0.1, -0.05) is 5.16 Å². The smallest absolute Gasteiger partial charge is 0.246 e. The molecule has 2 atom stereocenters. The summed E-state index contributed by atoms with van der Waals surface area (Å²) in [5.41, 5.74) is 5.94. The van der Waals surface area contributed by atoms with Gasteiger partial charge in [0.2, 0.25) is 5.89 Å². The van der Waals surface area contributed by atoms with E-state index in [9.17, 15) is 0 Å². The molecule has 2 N–H and O–H groups in total. The van der Waals surface area contributed by atoms with Crippen molar-refractivity contribution >= 4 is 0 Å². The molecular formula is C15H24N4O2. The SMILES string of the molecule is CN1C2CCC1CC(c1noc(C3(N)CCOCC3)n1)C2. The second-order valence-corrected chi connectivity index (χ2v) is 6.95. The number of fused-ring (bicyclic) bond motifs is 2. The first kappa shape index (κ1) is 13.7. The summed E-state index contributed by atoms with van der Waals surface area (Å²) < 4.78 is 10.9. The first-order valence-electron chi connectivity index (χ1n) is 8.08. The van der Waals surface area contributed by atoms with Crippen molar-refractivity contribution in [3.63, 3.8) is 0 Å². The molecule has 6 heteroatoms. The quantitative estimate of drug-likeness (QED) is 0.887. The van der Waals surface area contributed by atoms with E-state index in [4.69, 9.17) is 15.0 Å². The number of nitrogens with two attached hydrogens (primary N) is 1. The highest BCUT2D eigenvalue weighted by Crippen LogP contribution is 2.41. The van der Waals surface area contributed by atoms with Gasteiger partial charge in [0.15, 0.2) is 5.82 Å². The summed E-state index contributed by atoms with van der Waals surface area (Å²) in [4.78, 5) is 7.20. The molecule has 116 valence electrons. The average molecular weight is 292 g/mol. The molecule has 1 aromatic heterocycles. The molecule has 0 amide bonds. The normalized spacial score (nSPS) is 36.0. The van der Waals surface area contributed by atoms with E-state index >= 15 is 0 Å². The van der Waals surface area contributed by atoms with Crippen molar-refractivity contribution in [2.75, 3.05) is 20.3 Å². The monoisotopic (exact) mass is 292 g/mol. The maximum absolute atomic E-state index is 6.43. The molecule has 21 heavy (non-hydrogen) atoms. The van der Waals surface area contributed by atoms with Gasteiger partial charge in [-0.15, -0.1) is 0 Å². The molecule has 1 aromatic rings. The van der Waals surface area contributed by atoms with Gasteiger partial charge in [-0.05, 0) is 45.6 Å². The van der Waals surface area contributed by atoms with E-state index in [1.165, 1.54) is 12.8 Å². The van der Waals surface area contributed by atoms with Crippen LogP contribution in [0.15, 0.2) is 4.52 Å². The lowest BCUT2D eigenvalue weighted by atomic mass is 9.89. The van der Waals surface area contributed by atoms with Crippen molar-refractivity contribution in [2.24, 2.45) is 5.73 Å². The molecule has 2 unspecified atom stereocenters. The summed E-state index contributed by atoms with van der Waals surface area (Å²) in [6, 6.07) is 1.37. The van der Waals surface area contributed by atoms with Gasteiger partial charge < -0.3 is 19.9 Å². The molecule has 3 fully saturated rings. The van der Waals surface area contributed by atoms with Crippen LogP contribution in [0.2, 0.25) is 0 Å². The third-order valence-corrected chi connectivity index (χ3v) is 5.72. The van der Waals surface area contributed by atoms with Gasteiger partial charge in [0, 0.05) is 31.2 Å². The fourth-order valence-electron chi connectivity index (χ4n) is 4.17. The number of rotatable bonds is 2. The third kappa shape index (κ3) is 2.29. The average Bonchev–Trinajstić information content (AvgIpc) is 3.03. The zero-order valence-electron chi connectivity index (χ0n) is 12.6. The highest BCUT2D eigenvalue weighted by atomic mass is 16.5. The van der Waals surface area contributed by atoms with Crippen molar-refractivity contribution in [2.45, 2.75) is 62.1 Å². The Morgan fingerprint density at radius 2 is 1.86 bits per heavy atom. The molecule has 4 heterocycles. The minimum Gasteiger partial charge on any atom is -0.381 e. The molecule has 0 aliphatic carbocycles. The molecule has 3 aliphatic heterocycles. The van der Waals surface area contributed by atoms with Crippen LogP contribution >= 0.6 is 0 Å². The van der Waals surface area contributed by atoms with Crippen molar-refractivity contribution in [3.8, 4) is 0 Å². The molecule has 4 rings (SSSR count). The lowest BCUT2D eigenvalue weighted by molar-refractivity contribution is 0.0400. The van der Waals surface area contributed by atoms with E-state index in [2.05, 4.69) is 22.1 Å². The van der Waals surface area contributed by atoms with E-state index in [-0.39, 0.29) is 0 Å². The topological polar surface area (TPSA) is 77.4 Å². The fraction of sp³-hybridized carbons (Fsp3) is 0.867. The minimum absolute atomic E-state index is 0.430. The van der Waals surface area contributed by atoms with E-state index in [1.54, 1.807) is 0 Å². The Morgan fingerprint density at radius 1 is 1.19 bits per heavy atom. The Morgan fingerprint density at radius 3 is 2.52 bits per heavy atom. The van der Waals surface area contributed by atoms with Crippen molar-refractivity contribution in [1.82, 2.24) is 15.0 Å². The van der Waals surface area contributed by atoms with Crippen LogP contribution in [0.1, 0.15) is 56.2 Å². The second kappa shape index (κ2) is 5.04.